The number of rotatable bonds is 4. The fourth-order valence-corrected chi connectivity index (χ4v) is 0.705. The summed E-state index contributed by atoms with van der Waals surface area (Å²) in [7, 11) is 0. The van der Waals surface area contributed by atoms with Crippen LogP contribution in [0.5, 0.6) is 5.88 Å². The summed E-state index contributed by atoms with van der Waals surface area (Å²) in [4.78, 5) is 7.90. The fourth-order valence-electron chi connectivity index (χ4n) is 0.705. The van der Waals surface area contributed by atoms with Gasteiger partial charge in [0, 0.05) is 12.4 Å². The standard InChI is InChI=1S/C9H14N2O/c1-3-8(2)7-12-9-6-10-4-5-11-9/h4-6,8H,3,7H2,1-2H3. The van der Waals surface area contributed by atoms with Crippen LogP contribution in [0.3, 0.4) is 0 Å². The number of nitrogens with zero attached hydrogens (tertiary/aromatic N) is 2. The minimum atomic E-state index is 0.576. The molecule has 0 fully saturated rings. The molecule has 1 aromatic rings. The third-order valence-corrected chi connectivity index (χ3v) is 1.75. The zero-order valence-electron chi connectivity index (χ0n) is 7.53. The van der Waals surface area contributed by atoms with E-state index in [2.05, 4.69) is 23.8 Å². The molecule has 1 aromatic heterocycles. The van der Waals surface area contributed by atoms with Crippen molar-refractivity contribution in [2.24, 2.45) is 5.92 Å². The molecule has 3 heteroatoms. The van der Waals surface area contributed by atoms with E-state index in [1.165, 1.54) is 0 Å². The lowest BCUT2D eigenvalue weighted by atomic mass is 10.1. The molecule has 66 valence electrons. The lowest BCUT2D eigenvalue weighted by molar-refractivity contribution is 0.247. The van der Waals surface area contributed by atoms with Crippen molar-refractivity contribution in [3.63, 3.8) is 0 Å². The summed E-state index contributed by atoms with van der Waals surface area (Å²) < 4.78 is 5.39. The largest absolute Gasteiger partial charge is 0.476 e. The summed E-state index contributed by atoms with van der Waals surface area (Å²) in [6, 6.07) is 0. The lowest BCUT2D eigenvalue weighted by Crippen LogP contribution is -2.07. The molecular weight excluding hydrogens is 152 g/mol. The Morgan fingerprint density at radius 3 is 2.92 bits per heavy atom. The van der Waals surface area contributed by atoms with E-state index in [4.69, 9.17) is 4.74 Å². The second-order valence-electron chi connectivity index (χ2n) is 2.87. The molecule has 1 atom stereocenters. The molecule has 3 nitrogen and oxygen atoms in total. The molecule has 12 heavy (non-hydrogen) atoms. The van der Waals surface area contributed by atoms with Gasteiger partial charge in [-0.25, -0.2) is 4.98 Å². The molecule has 0 bridgehead atoms. The summed E-state index contributed by atoms with van der Waals surface area (Å²) in [5, 5.41) is 0. The van der Waals surface area contributed by atoms with Gasteiger partial charge in [-0.2, -0.15) is 0 Å². The van der Waals surface area contributed by atoms with Gasteiger partial charge in [0.1, 0.15) is 0 Å². The van der Waals surface area contributed by atoms with E-state index in [1.807, 2.05) is 0 Å². The van der Waals surface area contributed by atoms with Crippen LogP contribution >= 0.6 is 0 Å². The van der Waals surface area contributed by atoms with E-state index in [9.17, 15) is 0 Å². The van der Waals surface area contributed by atoms with Gasteiger partial charge in [0.25, 0.3) is 0 Å². The van der Waals surface area contributed by atoms with Crippen LogP contribution in [0.4, 0.5) is 0 Å². The quantitative estimate of drug-likeness (QED) is 0.685. The maximum Gasteiger partial charge on any atom is 0.232 e. The Labute approximate surface area is 72.8 Å². The Hall–Kier alpha value is -1.12. The molecule has 0 amide bonds. The molecule has 0 N–H and O–H groups in total. The predicted octanol–water partition coefficient (Wildman–Crippen LogP) is 1.90. The van der Waals surface area contributed by atoms with Crippen LogP contribution in [-0.2, 0) is 0 Å². The summed E-state index contributed by atoms with van der Waals surface area (Å²) in [6.07, 6.45) is 6.02. The van der Waals surface area contributed by atoms with Gasteiger partial charge >= 0.3 is 0 Å². The van der Waals surface area contributed by atoms with Crippen molar-refractivity contribution >= 4 is 0 Å². The van der Waals surface area contributed by atoms with Crippen LogP contribution in [-0.4, -0.2) is 16.6 Å². The maximum absolute atomic E-state index is 5.39. The summed E-state index contributed by atoms with van der Waals surface area (Å²) >= 11 is 0. The van der Waals surface area contributed by atoms with E-state index in [1.54, 1.807) is 18.6 Å². The Bertz CT molecular complexity index is 213. The second-order valence-corrected chi connectivity index (χ2v) is 2.87. The topological polar surface area (TPSA) is 35.0 Å². The van der Waals surface area contributed by atoms with E-state index >= 15 is 0 Å². The number of hydrogen-bond donors (Lipinski definition) is 0. The molecule has 1 heterocycles. The third kappa shape index (κ3) is 2.86. The highest BCUT2D eigenvalue weighted by atomic mass is 16.5. The minimum Gasteiger partial charge on any atom is -0.476 e. The molecule has 1 unspecified atom stereocenters. The van der Waals surface area contributed by atoms with E-state index < -0.39 is 0 Å². The molecule has 0 saturated carbocycles. The molecule has 0 saturated heterocycles. The van der Waals surface area contributed by atoms with E-state index in [0.29, 0.717) is 11.8 Å². The molecule has 0 aromatic carbocycles. The highest BCUT2D eigenvalue weighted by Crippen LogP contribution is 2.05. The monoisotopic (exact) mass is 166 g/mol. The molecule has 0 aliphatic rings. The molecule has 0 aliphatic carbocycles. The molecule has 0 radical (unpaired) electrons. The highest BCUT2D eigenvalue weighted by Gasteiger charge is 1.99. The summed E-state index contributed by atoms with van der Waals surface area (Å²) in [5.41, 5.74) is 0. The first kappa shape index (κ1) is 8.97. The predicted molar refractivity (Wildman–Crippen MR) is 47.0 cm³/mol. The van der Waals surface area contributed by atoms with Gasteiger partial charge < -0.3 is 4.74 Å². The van der Waals surface area contributed by atoms with Crippen LogP contribution in [0.1, 0.15) is 20.3 Å². The zero-order chi connectivity index (χ0) is 8.81. The molecule has 1 rings (SSSR count). The third-order valence-electron chi connectivity index (χ3n) is 1.75. The van der Waals surface area contributed by atoms with Crippen LogP contribution in [0, 0.1) is 5.92 Å². The van der Waals surface area contributed by atoms with Gasteiger partial charge in [-0.15, -0.1) is 0 Å². The maximum atomic E-state index is 5.39. The van der Waals surface area contributed by atoms with Crippen molar-refractivity contribution in [3.05, 3.63) is 18.6 Å². The fraction of sp³-hybridized carbons (Fsp3) is 0.556. The van der Waals surface area contributed by atoms with Crippen LogP contribution in [0.25, 0.3) is 0 Å². The number of aromatic nitrogens is 2. The van der Waals surface area contributed by atoms with E-state index in [0.717, 1.165) is 13.0 Å². The van der Waals surface area contributed by atoms with E-state index in [-0.39, 0.29) is 0 Å². The smallest absolute Gasteiger partial charge is 0.232 e. The van der Waals surface area contributed by atoms with Gasteiger partial charge in [0.2, 0.25) is 5.88 Å². The van der Waals surface area contributed by atoms with Crippen molar-refractivity contribution in [1.82, 2.24) is 9.97 Å². The summed E-state index contributed by atoms with van der Waals surface area (Å²) in [6.45, 7) is 5.01. The first-order chi connectivity index (χ1) is 5.83. The first-order valence-electron chi connectivity index (χ1n) is 4.21. The Balaban J connectivity index is 2.33. The Kier molecular flexibility index (Phi) is 3.51. The normalized spacial score (nSPS) is 12.5. The van der Waals surface area contributed by atoms with Gasteiger partial charge in [-0.3, -0.25) is 4.98 Å². The molecule has 0 aliphatic heterocycles. The van der Waals surface area contributed by atoms with Gasteiger partial charge in [0.05, 0.1) is 12.8 Å². The SMILES string of the molecule is CCC(C)COc1cnccn1. The van der Waals surface area contributed by atoms with Crippen LogP contribution in [0.2, 0.25) is 0 Å². The second kappa shape index (κ2) is 4.70. The first-order valence-corrected chi connectivity index (χ1v) is 4.21. The van der Waals surface area contributed by atoms with Crippen LogP contribution in [0.15, 0.2) is 18.6 Å². The highest BCUT2D eigenvalue weighted by molar-refractivity contribution is 5.00. The zero-order valence-corrected chi connectivity index (χ0v) is 7.53. The van der Waals surface area contributed by atoms with Gasteiger partial charge in [-0.1, -0.05) is 20.3 Å². The van der Waals surface area contributed by atoms with Crippen molar-refractivity contribution in [2.75, 3.05) is 6.61 Å². The van der Waals surface area contributed by atoms with Gasteiger partial charge in [-0.05, 0) is 5.92 Å². The Morgan fingerprint density at radius 1 is 1.50 bits per heavy atom. The summed E-state index contributed by atoms with van der Waals surface area (Å²) in [5.74, 6) is 1.19. The molecule has 0 spiro atoms. The lowest BCUT2D eigenvalue weighted by Gasteiger charge is -2.08. The minimum absolute atomic E-state index is 0.576. The average Bonchev–Trinajstić information content (AvgIpc) is 2.16. The van der Waals surface area contributed by atoms with Crippen molar-refractivity contribution in [2.45, 2.75) is 20.3 Å². The number of hydrogen-bond acceptors (Lipinski definition) is 3. The van der Waals surface area contributed by atoms with Crippen LogP contribution < -0.4 is 4.74 Å². The number of ether oxygens (including phenoxy) is 1. The molecular formula is C9H14N2O. The van der Waals surface area contributed by atoms with Crippen molar-refractivity contribution in [3.8, 4) is 5.88 Å². The Morgan fingerprint density at radius 2 is 2.33 bits per heavy atom. The average molecular weight is 166 g/mol. The van der Waals surface area contributed by atoms with Gasteiger partial charge in [0.15, 0.2) is 0 Å². The van der Waals surface area contributed by atoms with Crippen molar-refractivity contribution in [1.29, 1.82) is 0 Å². The van der Waals surface area contributed by atoms with Crippen molar-refractivity contribution < 1.29 is 4.74 Å².